The van der Waals surface area contributed by atoms with Gasteiger partial charge in [-0.25, -0.2) is 26.4 Å². The Kier molecular flexibility index (Phi) is 3.78. The molecule has 21 heavy (non-hydrogen) atoms. The van der Waals surface area contributed by atoms with Crippen molar-refractivity contribution in [2.75, 3.05) is 11.5 Å². The lowest BCUT2D eigenvalue weighted by atomic mass is 10.2. The molecule has 0 bridgehead atoms. The minimum Gasteiger partial charge on any atom is -0.478 e. The van der Waals surface area contributed by atoms with E-state index in [1.54, 1.807) is 0 Å². The molecule has 114 valence electrons. The van der Waals surface area contributed by atoms with Crippen molar-refractivity contribution in [1.82, 2.24) is 4.72 Å². The van der Waals surface area contributed by atoms with E-state index in [1.807, 2.05) is 0 Å². The van der Waals surface area contributed by atoms with E-state index >= 15 is 0 Å². The monoisotopic (exact) mass is 332 g/mol. The first-order valence-corrected chi connectivity index (χ1v) is 8.87. The molecule has 1 unspecified atom stereocenters. The van der Waals surface area contributed by atoms with Crippen LogP contribution in [0.25, 0.3) is 0 Å². The molecule has 0 aromatic heterocycles. The molecule has 0 saturated carbocycles. The number of rotatable bonds is 4. The summed E-state index contributed by atoms with van der Waals surface area (Å²) < 4.78 is 49.0. The van der Waals surface area contributed by atoms with Crippen molar-refractivity contribution in [3.05, 3.63) is 35.2 Å². The summed E-state index contributed by atoms with van der Waals surface area (Å²) in [7, 11) is -7.62. The van der Waals surface area contributed by atoms with Crippen molar-refractivity contribution < 1.29 is 26.7 Å². The van der Waals surface area contributed by atoms with Crippen LogP contribution in [-0.4, -0.2) is 39.7 Å². The number of carboxylic acids is 1. The molecular formula is C11H12N2O6S2. The fourth-order valence-corrected chi connectivity index (χ4v) is 4.57. The Hall–Kier alpha value is -1.91. The van der Waals surface area contributed by atoms with Gasteiger partial charge in [-0.2, -0.15) is 0 Å². The van der Waals surface area contributed by atoms with E-state index in [1.165, 1.54) is 12.1 Å². The second-order valence-electron chi connectivity index (χ2n) is 4.45. The zero-order valence-electron chi connectivity index (χ0n) is 10.6. The number of nitrogen functional groups attached to an aromatic ring is 1. The van der Waals surface area contributed by atoms with Crippen molar-refractivity contribution in [2.24, 2.45) is 0 Å². The summed E-state index contributed by atoms with van der Waals surface area (Å²) >= 11 is 0. The molecule has 1 heterocycles. The standard InChI is InChI=1S/C11H12N2O6S2/c12-7-1-2-10(9(5-7)11(14)15)21(18,19)13-8-3-4-20(16,17)6-8/h1-5,8,13H,6,12H2,(H,14,15). The third-order valence-electron chi connectivity index (χ3n) is 2.76. The lowest BCUT2D eigenvalue weighted by molar-refractivity contribution is 0.0692. The predicted molar refractivity (Wildman–Crippen MR) is 74.9 cm³/mol. The summed E-state index contributed by atoms with van der Waals surface area (Å²) in [5, 5.41) is 9.96. The van der Waals surface area contributed by atoms with Crippen LogP contribution in [0, 0.1) is 0 Å². The predicted octanol–water partition coefficient (Wildman–Crippen LogP) is -0.444. The van der Waals surface area contributed by atoms with Gasteiger partial charge in [-0.15, -0.1) is 0 Å². The zero-order valence-corrected chi connectivity index (χ0v) is 12.2. The van der Waals surface area contributed by atoms with E-state index in [0.717, 1.165) is 17.5 Å². The van der Waals surface area contributed by atoms with E-state index < -0.39 is 48.1 Å². The normalized spacial score (nSPS) is 20.5. The average molecular weight is 332 g/mol. The Morgan fingerprint density at radius 3 is 2.57 bits per heavy atom. The maximum Gasteiger partial charge on any atom is 0.337 e. The maximum absolute atomic E-state index is 12.2. The molecule has 1 aliphatic rings. The Morgan fingerprint density at radius 2 is 2.05 bits per heavy atom. The number of nitrogens with one attached hydrogen (secondary N) is 1. The SMILES string of the molecule is Nc1ccc(S(=O)(=O)NC2C=CS(=O)(=O)C2)c(C(=O)O)c1. The third kappa shape index (κ3) is 3.40. The lowest BCUT2D eigenvalue weighted by Crippen LogP contribution is -2.36. The van der Waals surface area contributed by atoms with Crippen molar-refractivity contribution in [3.63, 3.8) is 0 Å². The molecule has 0 radical (unpaired) electrons. The number of carboxylic acid groups (broad SMARTS) is 1. The van der Waals surface area contributed by atoms with Crippen LogP contribution in [0.1, 0.15) is 10.4 Å². The Labute approximate surface area is 121 Å². The van der Waals surface area contributed by atoms with Crippen LogP contribution in [-0.2, 0) is 19.9 Å². The van der Waals surface area contributed by atoms with Gasteiger partial charge in [-0.1, -0.05) is 6.08 Å². The van der Waals surface area contributed by atoms with E-state index in [9.17, 15) is 21.6 Å². The Bertz CT molecular complexity index is 826. The molecule has 0 amide bonds. The zero-order chi connectivity index (χ0) is 15.8. The molecule has 8 nitrogen and oxygen atoms in total. The minimum atomic E-state index is -4.19. The van der Waals surface area contributed by atoms with Gasteiger partial charge in [0.2, 0.25) is 10.0 Å². The van der Waals surface area contributed by atoms with Crippen LogP contribution in [0.4, 0.5) is 5.69 Å². The minimum absolute atomic E-state index is 0.106. The van der Waals surface area contributed by atoms with Crippen LogP contribution < -0.4 is 10.5 Å². The summed E-state index contributed by atoms with van der Waals surface area (Å²) in [6.07, 6.45) is 1.20. The van der Waals surface area contributed by atoms with E-state index in [2.05, 4.69) is 4.72 Å². The maximum atomic E-state index is 12.2. The lowest BCUT2D eigenvalue weighted by Gasteiger charge is -2.13. The molecule has 2 rings (SSSR count). The number of aromatic carboxylic acids is 1. The van der Waals surface area contributed by atoms with Gasteiger partial charge in [0.05, 0.1) is 22.3 Å². The van der Waals surface area contributed by atoms with Gasteiger partial charge in [0.15, 0.2) is 9.84 Å². The quantitative estimate of drug-likeness (QED) is 0.634. The van der Waals surface area contributed by atoms with E-state index in [0.29, 0.717) is 0 Å². The number of anilines is 1. The molecule has 1 aromatic carbocycles. The van der Waals surface area contributed by atoms with Crippen LogP contribution in [0.5, 0.6) is 0 Å². The number of nitrogens with two attached hydrogens (primary N) is 1. The van der Waals surface area contributed by atoms with Gasteiger partial charge in [-0.05, 0) is 18.2 Å². The molecular weight excluding hydrogens is 320 g/mol. The second-order valence-corrected chi connectivity index (χ2v) is 8.06. The van der Waals surface area contributed by atoms with Gasteiger partial charge in [0, 0.05) is 11.1 Å². The molecule has 4 N–H and O–H groups in total. The van der Waals surface area contributed by atoms with Crippen molar-refractivity contribution in [3.8, 4) is 0 Å². The fourth-order valence-electron chi connectivity index (χ4n) is 1.86. The highest BCUT2D eigenvalue weighted by Crippen LogP contribution is 2.20. The second kappa shape index (κ2) is 5.13. The molecule has 0 saturated heterocycles. The van der Waals surface area contributed by atoms with Gasteiger partial charge in [0.25, 0.3) is 0 Å². The Morgan fingerprint density at radius 1 is 1.38 bits per heavy atom. The topological polar surface area (TPSA) is 144 Å². The van der Waals surface area contributed by atoms with Gasteiger partial charge >= 0.3 is 5.97 Å². The van der Waals surface area contributed by atoms with Gasteiger partial charge < -0.3 is 10.8 Å². The largest absolute Gasteiger partial charge is 0.478 e. The van der Waals surface area contributed by atoms with E-state index in [4.69, 9.17) is 10.8 Å². The summed E-state index contributed by atoms with van der Waals surface area (Å²) in [6, 6.07) is 2.41. The van der Waals surface area contributed by atoms with Crippen LogP contribution in [0.15, 0.2) is 34.6 Å². The summed E-state index contributed by atoms with van der Waals surface area (Å²) in [5.74, 6) is -1.85. The Balaban J connectivity index is 2.37. The van der Waals surface area contributed by atoms with Crippen molar-refractivity contribution in [2.45, 2.75) is 10.9 Å². The number of hydrogen-bond acceptors (Lipinski definition) is 6. The highest BCUT2D eigenvalue weighted by Gasteiger charge is 2.29. The molecule has 1 aromatic rings. The smallest absolute Gasteiger partial charge is 0.337 e. The number of benzene rings is 1. The van der Waals surface area contributed by atoms with Crippen molar-refractivity contribution >= 4 is 31.5 Å². The fraction of sp³-hybridized carbons (Fsp3) is 0.182. The third-order valence-corrected chi connectivity index (χ3v) is 5.70. The van der Waals surface area contributed by atoms with Crippen LogP contribution >= 0.6 is 0 Å². The molecule has 0 fully saturated rings. The first kappa shape index (κ1) is 15.5. The number of sulfone groups is 1. The van der Waals surface area contributed by atoms with E-state index in [-0.39, 0.29) is 5.69 Å². The summed E-state index contributed by atoms with van der Waals surface area (Å²) in [5.41, 5.74) is 5.07. The summed E-state index contributed by atoms with van der Waals surface area (Å²) in [6.45, 7) is 0. The molecule has 1 aliphatic heterocycles. The van der Waals surface area contributed by atoms with Gasteiger partial charge in [-0.3, -0.25) is 0 Å². The molecule has 1 atom stereocenters. The number of sulfonamides is 1. The molecule has 10 heteroatoms. The highest BCUT2D eigenvalue weighted by atomic mass is 32.2. The number of hydrogen-bond donors (Lipinski definition) is 3. The number of carbonyl (C=O) groups is 1. The van der Waals surface area contributed by atoms with Crippen molar-refractivity contribution in [1.29, 1.82) is 0 Å². The average Bonchev–Trinajstić information content (AvgIpc) is 2.67. The van der Waals surface area contributed by atoms with Gasteiger partial charge in [0.1, 0.15) is 0 Å². The molecule has 0 spiro atoms. The summed E-state index contributed by atoms with van der Waals surface area (Å²) in [4.78, 5) is 10.6. The first-order valence-electron chi connectivity index (χ1n) is 5.67. The highest BCUT2D eigenvalue weighted by molar-refractivity contribution is 7.94. The van der Waals surface area contributed by atoms with Crippen LogP contribution in [0.3, 0.4) is 0 Å². The first-order chi connectivity index (χ1) is 9.61. The molecule has 0 aliphatic carbocycles. The van der Waals surface area contributed by atoms with Crippen LogP contribution in [0.2, 0.25) is 0 Å².